The zero-order valence-corrected chi connectivity index (χ0v) is 15.8. The van der Waals surface area contributed by atoms with Crippen molar-refractivity contribution in [3.05, 3.63) is 0 Å². The van der Waals surface area contributed by atoms with Gasteiger partial charge in [0.1, 0.15) is 5.78 Å². The first kappa shape index (κ1) is 18.4. The zero-order valence-electron chi connectivity index (χ0n) is 15.8. The minimum atomic E-state index is -0.268. The number of hydrogen-bond acceptors (Lipinski definition) is 3. The normalized spacial score (nSPS) is 25.0. The minimum Gasteiger partial charge on any atom is -0.342 e. The lowest BCUT2D eigenvalue weighted by Crippen LogP contribution is -2.46. The molecule has 4 heteroatoms. The second-order valence-corrected chi connectivity index (χ2v) is 9.32. The van der Waals surface area contributed by atoms with Gasteiger partial charge in [-0.2, -0.15) is 0 Å². The summed E-state index contributed by atoms with van der Waals surface area (Å²) in [6, 6.07) is 0. The Hall–Kier alpha value is -0.900. The van der Waals surface area contributed by atoms with Crippen LogP contribution in [-0.2, 0) is 9.59 Å². The molecular weight excluding hydrogens is 288 g/mol. The summed E-state index contributed by atoms with van der Waals surface area (Å²) < 4.78 is 0. The van der Waals surface area contributed by atoms with Crippen molar-refractivity contribution in [1.29, 1.82) is 0 Å². The van der Waals surface area contributed by atoms with Gasteiger partial charge in [0.15, 0.2) is 0 Å². The molecule has 2 aliphatic heterocycles. The van der Waals surface area contributed by atoms with E-state index in [1.165, 1.54) is 0 Å². The molecule has 132 valence electrons. The molecule has 1 amide bonds. The fourth-order valence-electron chi connectivity index (χ4n) is 3.80. The van der Waals surface area contributed by atoms with Crippen LogP contribution in [0, 0.1) is 17.3 Å². The Labute approximate surface area is 141 Å². The highest BCUT2D eigenvalue weighted by Gasteiger charge is 2.38. The molecule has 4 nitrogen and oxygen atoms in total. The van der Waals surface area contributed by atoms with Crippen LogP contribution in [0.25, 0.3) is 0 Å². The van der Waals surface area contributed by atoms with Gasteiger partial charge in [0.2, 0.25) is 5.91 Å². The lowest BCUT2D eigenvalue weighted by molar-refractivity contribution is -0.140. The van der Waals surface area contributed by atoms with Gasteiger partial charge >= 0.3 is 0 Å². The van der Waals surface area contributed by atoms with E-state index in [4.69, 9.17) is 0 Å². The van der Waals surface area contributed by atoms with Crippen molar-refractivity contribution in [2.24, 2.45) is 17.3 Å². The first-order chi connectivity index (χ1) is 10.5. The maximum absolute atomic E-state index is 12.8. The van der Waals surface area contributed by atoms with Crippen LogP contribution in [0.3, 0.4) is 0 Å². The van der Waals surface area contributed by atoms with Crippen molar-refractivity contribution in [2.45, 2.75) is 66.3 Å². The smallest absolute Gasteiger partial charge is 0.227 e. The van der Waals surface area contributed by atoms with E-state index in [2.05, 4.69) is 25.7 Å². The number of carbonyl (C=O) groups excluding carboxylic acids is 2. The summed E-state index contributed by atoms with van der Waals surface area (Å²) in [5.41, 5.74) is -0.128. The number of likely N-dealkylation sites (tertiary alicyclic amines) is 2. The van der Waals surface area contributed by atoms with Crippen LogP contribution in [0.1, 0.15) is 60.8 Å². The van der Waals surface area contributed by atoms with Crippen LogP contribution >= 0.6 is 0 Å². The Balaban J connectivity index is 1.86. The van der Waals surface area contributed by atoms with Crippen molar-refractivity contribution in [2.75, 3.05) is 26.2 Å². The van der Waals surface area contributed by atoms with Crippen molar-refractivity contribution >= 4 is 11.7 Å². The van der Waals surface area contributed by atoms with E-state index in [1.807, 2.05) is 25.7 Å². The van der Waals surface area contributed by atoms with Gasteiger partial charge in [-0.05, 0) is 46.6 Å². The van der Waals surface area contributed by atoms with E-state index < -0.39 is 0 Å². The van der Waals surface area contributed by atoms with E-state index in [1.54, 1.807) is 0 Å². The Morgan fingerprint density at radius 2 is 1.35 bits per heavy atom. The molecule has 2 rings (SSSR count). The molecule has 0 N–H and O–H groups in total. The first-order valence-electron chi connectivity index (χ1n) is 9.08. The first-order valence-corrected chi connectivity index (χ1v) is 9.08. The summed E-state index contributed by atoms with van der Waals surface area (Å²) in [7, 11) is 0. The van der Waals surface area contributed by atoms with Crippen molar-refractivity contribution in [1.82, 2.24) is 9.80 Å². The highest BCUT2D eigenvalue weighted by atomic mass is 16.2. The molecule has 0 aromatic heterocycles. The molecule has 0 radical (unpaired) electrons. The lowest BCUT2D eigenvalue weighted by Gasteiger charge is -2.35. The number of piperidine rings is 1. The number of hydrogen-bond donors (Lipinski definition) is 0. The highest BCUT2D eigenvalue weighted by Crippen LogP contribution is 2.30. The van der Waals surface area contributed by atoms with E-state index >= 15 is 0 Å². The Morgan fingerprint density at radius 1 is 0.826 bits per heavy atom. The Morgan fingerprint density at radius 3 is 1.78 bits per heavy atom. The summed E-state index contributed by atoms with van der Waals surface area (Å²) in [5.74, 6) is 0.931. The molecule has 0 aliphatic carbocycles. The van der Waals surface area contributed by atoms with Crippen LogP contribution < -0.4 is 0 Å². The summed E-state index contributed by atoms with van der Waals surface area (Å²) in [5, 5.41) is 0. The quantitative estimate of drug-likeness (QED) is 0.785. The third-order valence-corrected chi connectivity index (χ3v) is 5.40. The van der Waals surface area contributed by atoms with Gasteiger partial charge in [0.05, 0.1) is 5.92 Å². The maximum atomic E-state index is 12.8. The number of carbonyl (C=O) groups is 2. The van der Waals surface area contributed by atoms with Crippen LogP contribution in [-0.4, -0.2) is 53.2 Å². The molecule has 0 aromatic rings. The standard InChI is InChI=1S/C19H34N2O2/c1-18(2,3)16(22)14-7-10-20(11-8-14)17(23)15-9-12-21(13-15)19(4,5)6/h14-15H,7-13H2,1-6H3/t15-/m0/s1. The SMILES string of the molecule is CC(C)(C)C(=O)C1CCN(C(=O)[C@H]2CCN(C(C)(C)C)C2)CC1. The Bertz CT molecular complexity index is 451. The predicted molar refractivity (Wildman–Crippen MR) is 93.2 cm³/mol. The zero-order chi connectivity index (χ0) is 17.4. The summed E-state index contributed by atoms with van der Waals surface area (Å²) >= 11 is 0. The fourth-order valence-corrected chi connectivity index (χ4v) is 3.80. The topological polar surface area (TPSA) is 40.6 Å². The fraction of sp³-hybridized carbons (Fsp3) is 0.895. The van der Waals surface area contributed by atoms with Gasteiger partial charge in [0, 0.05) is 36.5 Å². The number of amides is 1. The summed E-state index contributed by atoms with van der Waals surface area (Å²) in [6.45, 7) is 16.0. The molecule has 2 aliphatic rings. The molecule has 0 bridgehead atoms. The van der Waals surface area contributed by atoms with Crippen LogP contribution in [0.4, 0.5) is 0 Å². The number of nitrogens with zero attached hydrogens (tertiary/aromatic N) is 2. The maximum Gasteiger partial charge on any atom is 0.227 e. The largest absolute Gasteiger partial charge is 0.342 e. The Kier molecular flexibility index (Phi) is 5.24. The molecule has 2 fully saturated rings. The second-order valence-electron chi connectivity index (χ2n) is 9.32. The molecular formula is C19H34N2O2. The van der Waals surface area contributed by atoms with Crippen molar-refractivity contribution in [3.8, 4) is 0 Å². The van der Waals surface area contributed by atoms with Gasteiger partial charge < -0.3 is 4.90 Å². The van der Waals surface area contributed by atoms with Crippen molar-refractivity contribution in [3.63, 3.8) is 0 Å². The number of Topliss-reactive ketones (excluding diaryl/α,β-unsaturated/α-hetero) is 1. The van der Waals surface area contributed by atoms with Crippen LogP contribution in [0.2, 0.25) is 0 Å². The van der Waals surface area contributed by atoms with Gasteiger partial charge in [-0.3, -0.25) is 14.5 Å². The molecule has 2 heterocycles. The van der Waals surface area contributed by atoms with Gasteiger partial charge in [-0.1, -0.05) is 20.8 Å². The van der Waals surface area contributed by atoms with Crippen LogP contribution in [0.15, 0.2) is 0 Å². The van der Waals surface area contributed by atoms with Gasteiger partial charge in [-0.15, -0.1) is 0 Å². The molecule has 0 aromatic carbocycles. The molecule has 0 spiro atoms. The number of rotatable bonds is 2. The highest BCUT2D eigenvalue weighted by molar-refractivity contribution is 5.86. The molecule has 0 saturated carbocycles. The summed E-state index contributed by atoms with van der Waals surface area (Å²) in [4.78, 5) is 29.6. The van der Waals surface area contributed by atoms with E-state index in [9.17, 15) is 9.59 Å². The third-order valence-electron chi connectivity index (χ3n) is 5.40. The second kappa shape index (κ2) is 6.54. The number of ketones is 1. The molecule has 2 saturated heterocycles. The minimum absolute atomic E-state index is 0.133. The summed E-state index contributed by atoms with van der Waals surface area (Å²) in [6.07, 6.45) is 2.63. The third kappa shape index (κ3) is 4.34. The van der Waals surface area contributed by atoms with E-state index in [-0.39, 0.29) is 22.8 Å². The van der Waals surface area contributed by atoms with Gasteiger partial charge in [-0.25, -0.2) is 0 Å². The molecule has 23 heavy (non-hydrogen) atoms. The van der Waals surface area contributed by atoms with E-state index in [0.717, 1.165) is 45.4 Å². The average molecular weight is 322 g/mol. The predicted octanol–water partition coefficient (Wildman–Crippen LogP) is 2.96. The van der Waals surface area contributed by atoms with Crippen molar-refractivity contribution < 1.29 is 9.59 Å². The molecule has 0 unspecified atom stereocenters. The molecule has 1 atom stereocenters. The average Bonchev–Trinajstić information content (AvgIpc) is 2.95. The van der Waals surface area contributed by atoms with E-state index in [0.29, 0.717) is 11.7 Å². The van der Waals surface area contributed by atoms with Crippen LogP contribution in [0.5, 0.6) is 0 Å². The van der Waals surface area contributed by atoms with Gasteiger partial charge in [0.25, 0.3) is 0 Å². The monoisotopic (exact) mass is 322 g/mol. The lowest BCUT2D eigenvalue weighted by atomic mass is 9.79.